The Morgan fingerprint density at radius 2 is 1.61 bits per heavy atom. The third-order valence-electron chi connectivity index (χ3n) is 6.73. The van der Waals surface area contributed by atoms with Crippen LogP contribution in [0.2, 0.25) is 0 Å². The molecule has 11 nitrogen and oxygen atoms in total. The van der Waals surface area contributed by atoms with Crippen molar-refractivity contribution in [1.29, 1.82) is 0 Å². The van der Waals surface area contributed by atoms with Crippen LogP contribution in [0.25, 0.3) is 6.08 Å². The maximum absolute atomic E-state index is 13.5. The number of amides is 3. The minimum atomic E-state index is -0.569. The Balaban J connectivity index is 1.47. The summed E-state index contributed by atoms with van der Waals surface area (Å²) in [5.41, 5.74) is 2.36. The number of nitrogens with zero attached hydrogens (tertiary/aromatic N) is 1. The van der Waals surface area contributed by atoms with E-state index in [0.717, 1.165) is 4.90 Å². The Hall–Kier alpha value is -5.62. The molecule has 1 atom stereocenters. The Labute approximate surface area is 270 Å². The maximum atomic E-state index is 13.5. The van der Waals surface area contributed by atoms with Gasteiger partial charge in [-0.25, -0.2) is 0 Å². The van der Waals surface area contributed by atoms with Crippen LogP contribution in [-0.2, 0) is 9.59 Å². The minimum absolute atomic E-state index is 0.0225. The molecular formula is C34H32N4O7S. The first kappa shape index (κ1) is 33.3. The van der Waals surface area contributed by atoms with Crippen molar-refractivity contribution in [3.05, 3.63) is 123 Å². The highest BCUT2D eigenvalue weighted by molar-refractivity contribution is 8.00. The molecule has 1 unspecified atom stereocenters. The largest absolute Gasteiger partial charge is 0.493 e. The number of hydrogen-bond acceptors (Lipinski definition) is 8. The summed E-state index contributed by atoms with van der Waals surface area (Å²) in [7, 11) is 2.99. The van der Waals surface area contributed by atoms with Crippen molar-refractivity contribution in [2.75, 3.05) is 24.9 Å². The van der Waals surface area contributed by atoms with Gasteiger partial charge in [0, 0.05) is 39.5 Å². The van der Waals surface area contributed by atoms with Crippen molar-refractivity contribution in [1.82, 2.24) is 5.32 Å². The average Bonchev–Trinajstić information content (AvgIpc) is 3.06. The van der Waals surface area contributed by atoms with Crippen molar-refractivity contribution >= 4 is 52.6 Å². The molecule has 4 aromatic rings. The molecule has 236 valence electrons. The van der Waals surface area contributed by atoms with Gasteiger partial charge in [0.15, 0.2) is 11.5 Å². The number of anilines is 2. The second-order valence-electron chi connectivity index (χ2n) is 9.95. The summed E-state index contributed by atoms with van der Waals surface area (Å²) in [6, 6.07) is 24.9. The Morgan fingerprint density at radius 1 is 0.891 bits per heavy atom. The van der Waals surface area contributed by atoms with Gasteiger partial charge in [0.1, 0.15) is 5.70 Å². The number of para-hydroxylation sites is 1. The van der Waals surface area contributed by atoms with E-state index in [1.165, 1.54) is 50.3 Å². The van der Waals surface area contributed by atoms with Crippen LogP contribution < -0.4 is 25.4 Å². The monoisotopic (exact) mass is 640 g/mol. The molecular weight excluding hydrogens is 608 g/mol. The van der Waals surface area contributed by atoms with E-state index in [9.17, 15) is 24.5 Å². The Morgan fingerprint density at radius 3 is 2.24 bits per heavy atom. The number of methoxy groups -OCH3 is 2. The molecule has 4 aromatic carbocycles. The normalized spacial score (nSPS) is 11.6. The molecule has 0 saturated heterocycles. The summed E-state index contributed by atoms with van der Waals surface area (Å²) in [6.07, 6.45) is 1.51. The van der Waals surface area contributed by atoms with Crippen LogP contribution in [0.1, 0.15) is 28.4 Å². The molecule has 46 heavy (non-hydrogen) atoms. The van der Waals surface area contributed by atoms with E-state index >= 15 is 0 Å². The van der Waals surface area contributed by atoms with E-state index in [4.69, 9.17) is 9.47 Å². The van der Waals surface area contributed by atoms with Gasteiger partial charge in [-0.3, -0.25) is 24.5 Å². The molecule has 0 heterocycles. The number of nitrogens with one attached hydrogen (secondary N) is 3. The summed E-state index contributed by atoms with van der Waals surface area (Å²) in [6.45, 7) is 3.43. The lowest BCUT2D eigenvalue weighted by Gasteiger charge is -2.15. The second kappa shape index (κ2) is 15.4. The number of hydrogen-bond donors (Lipinski definition) is 3. The van der Waals surface area contributed by atoms with Crippen LogP contribution in [0, 0.1) is 17.0 Å². The lowest BCUT2D eigenvalue weighted by atomic mass is 10.1. The number of carbonyl (C=O) groups excluding carboxylic acids is 3. The predicted molar refractivity (Wildman–Crippen MR) is 178 cm³/mol. The first-order valence-electron chi connectivity index (χ1n) is 14.0. The van der Waals surface area contributed by atoms with Crippen molar-refractivity contribution in [2.45, 2.75) is 24.0 Å². The summed E-state index contributed by atoms with van der Waals surface area (Å²) >= 11 is 1.31. The molecule has 12 heteroatoms. The van der Waals surface area contributed by atoms with Crippen molar-refractivity contribution in [2.24, 2.45) is 0 Å². The van der Waals surface area contributed by atoms with Gasteiger partial charge in [0.05, 0.1) is 24.4 Å². The number of benzene rings is 4. The van der Waals surface area contributed by atoms with Gasteiger partial charge < -0.3 is 25.4 Å². The molecule has 0 saturated carbocycles. The molecule has 0 aromatic heterocycles. The number of aryl methyl sites for hydroxylation is 1. The number of ether oxygens (including phenoxy) is 2. The van der Waals surface area contributed by atoms with E-state index in [1.807, 2.05) is 0 Å². The summed E-state index contributed by atoms with van der Waals surface area (Å²) in [5, 5.41) is 18.8. The first-order valence-corrected chi connectivity index (χ1v) is 14.9. The lowest BCUT2D eigenvalue weighted by Crippen LogP contribution is -2.30. The van der Waals surface area contributed by atoms with Gasteiger partial charge in [-0.2, -0.15) is 0 Å². The van der Waals surface area contributed by atoms with Crippen LogP contribution in [0.4, 0.5) is 17.1 Å². The molecule has 0 bridgehead atoms. The zero-order valence-corrected chi connectivity index (χ0v) is 26.3. The fourth-order valence-electron chi connectivity index (χ4n) is 4.33. The van der Waals surface area contributed by atoms with E-state index in [1.54, 1.807) is 86.6 Å². The van der Waals surface area contributed by atoms with E-state index in [-0.39, 0.29) is 17.3 Å². The molecule has 3 N–H and O–H groups in total. The molecule has 0 radical (unpaired) electrons. The van der Waals surface area contributed by atoms with Gasteiger partial charge in [0.25, 0.3) is 17.5 Å². The molecule has 4 rings (SSSR count). The third-order valence-corrected chi connectivity index (χ3v) is 7.85. The average molecular weight is 641 g/mol. The van der Waals surface area contributed by atoms with Crippen molar-refractivity contribution < 1.29 is 28.8 Å². The molecule has 3 amide bonds. The quantitative estimate of drug-likeness (QED) is 0.0693. The minimum Gasteiger partial charge on any atom is -0.493 e. The van der Waals surface area contributed by atoms with Gasteiger partial charge in [-0.15, -0.1) is 11.8 Å². The van der Waals surface area contributed by atoms with Crippen LogP contribution in [-0.4, -0.2) is 42.1 Å². The van der Waals surface area contributed by atoms with E-state index in [2.05, 4.69) is 16.0 Å². The van der Waals surface area contributed by atoms with Gasteiger partial charge in [-0.05, 0) is 74.0 Å². The fourth-order valence-corrected chi connectivity index (χ4v) is 5.20. The zero-order chi connectivity index (χ0) is 33.2. The maximum Gasteiger partial charge on any atom is 0.272 e. The zero-order valence-electron chi connectivity index (χ0n) is 25.5. The summed E-state index contributed by atoms with van der Waals surface area (Å²) < 4.78 is 10.9. The van der Waals surface area contributed by atoms with Crippen LogP contribution in [0.15, 0.2) is 102 Å². The van der Waals surface area contributed by atoms with E-state index in [0.29, 0.717) is 39.6 Å². The second-order valence-corrected chi connectivity index (χ2v) is 11.4. The number of thioether (sulfide) groups is 1. The highest BCUT2D eigenvalue weighted by Crippen LogP contribution is 2.32. The van der Waals surface area contributed by atoms with Gasteiger partial charge in [0.2, 0.25) is 5.91 Å². The van der Waals surface area contributed by atoms with Gasteiger partial charge in [-0.1, -0.05) is 30.3 Å². The topological polar surface area (TPSA) is 149 Å². The third kappa shape index (κ3) is 8.51. The fraction of sp³-hybridized carbons (Fsp3) is 0.147. The van der Waals surface area contributed by atoms with Crippen molar-refractivity contribution in [3.8, 4) is 11.5 Å². The van der Waals surface area contributed by atoms with Crippen molar-refractivity contribution in [3.63, 3.8) is 0 Å². The standard InChI is InChI=1S/C34H32N4O7S/c1-21-19-26(38(42)43)15-18-28(21)36-32(39)22(2)46-27-16-13-25(14-17-27)35-34(41)29(37-33(40)23-9-6-5-7-10-23)20-24-11-8-12-30(44-3)31(24)45-4/h5-20,22H,1-4H3,(H,35,41)(H,36,39)(H,37,40)/b29-20-. The molecule has 0 spiro atoms. The number of non-ortho nitro benzene ring substituents is 1. The van der Waals surface area contributed by atoms with Crippen LogP contribution in [0.5, 0.6) is 11.5 Å². The number of rotatable bonds is 12. The predicted octanol–water partition coefficient (Wildman–Crippen LogP) is 6.45. The molecule has 0 aliphatic carbocycles. The van der Waals surface area contributed by atoms with Crippen LogP contribution >= 0.6 is 11.8 Å². The Bertz CT molecular complexity index is 1780. The Kier molecular flexibility index (Phi) is 11.1. The molecule has 0 aliphatic rings. The van der Waals surface area contributed by atoms with Crippen LogP contribution in [0.3, 0.4) is 0 Å². The van der Waals surface area contributed by atoms with Gasteiger partial charge >= 0.3 is 0 Å². The summed E-state index contributed by atoms with van der Waals surface area (Å²) in [4.78, 5) is 50.6. The summed E-state index contributed by atoms with van der Waals surface area (Å²) in [5.74, 6) is -0.444. The molecule has 0 fully saturated rings. The number of carbonyl (C=O) groups is 3. The lowest BCUT2D eigenvalue weighted by molar-refractivity contribution is -0.384. The first-order chi connectivity index (χ1) is 22.1. The highest BCUT2D eigenvalue weighted by Gasteiger charge is 2.19. The number of nitro groups is 1. The highest BCUT2D eigenvalue weighted by atomic mass is 32.2. The molecule has 0 aliphatic heterocycles. The van der Waals surface area contributed by atoms with E-state index < -0.39 is 22.0 Å². The smallest absolute Gasteiger partial charge is 0.272 e. The SMILES string of the molecule is COc1cccc(/C=C(\NC(=O)c2ccccc2)C(=O)Nc2ccc(SC(C)C(=O)Nc3ccc([N+](=O)[O-])cc3C)cc2)c1OC. The number of nitro benzene ring substituents is 1.